The maximum Gasteiger partial charge on any atom is 0.250 e. The Bertz CT molecular complexity index is 673. The summed E-state index contributed by atoms with van der Waals surface area (Å²) in [5.74, 6) is -0.517. The summed E-state index contributed by atoms with van der Waals surface area (Å²) in [4.78, 5) is 15.6. The van der Waals surface area contributed by atoms with Gasteiger partial charge in [0.2, 0.25) is 5.91 Å². The van der Waals surface area contributed by atoms with Crippen LogP contribution in [0.3, 0.4) is 0 Å². The van der Waals surface area contributed by atoms with E-state index in [0.717, 1.165) is 12.2 Å². The van der Waals surface area contributed by atoms with Gasteiger partial charge in [-0.1, -0.05) is 41.9 Å². The van der Waals surface area contributed by atoms with E-state index in [1.807, 2.05) is 45.4 Å². The maximum absolute atomic E-state index is 11.3. The lowest BCUT2D eigenvalue weighted by Crippen LogP contribution is -2.33. The standard InChI is InChI=1S/C18H22ClN3O/c1-21(2)12-17(13-7-5-4-6-8-13)22(3)14-9-10-15(18(20)23)16(19)11-14/h4-11,17H,12H2,1-3H3,(H2,20,23). The van der Waals surface area contributed by atoms with E-state index in [1.165, 1.54) is 5.56 Å². The average Bonchev–Trinajstić information content (AvgIpc) is 2.52. The zero-order valence-corrected chi connectivity index (χ0v) is 14.4. The number of hydrogen-bond acceptors (Lipinski definition) is 3. The minimum Gasteiger partial charge on any atom is -0.366 e. The van der Waals surface area contributed by atoms with Crippen LogP contribution in [0, 0.1) is 0 Å². The van der Waals surface area contributed by atoms with Gasteiger partial charge in [0.25, 0.3) is 0 Å². The Hall–Kier alpha value is -2.04. The number of benzene rings is 2. The third-order valence-corrected chi connectivity index (χ3v) is 4.13. The van der Waals surface area contributed by atoms with Gasteiger partial charge in [0, 0.05) is 19.3 Å². The fourth-order valence-corrected chi connectivity index (χ4v) is 2.84. The van der Waals surface area contributed by atoms with E-state index in [0.29, 0.717) is 10.6 Å². The first-order valence-electron chi connectivity index (χ1n) is 7.42. The highest BCUT2D eigenvalue weighted by atomic mass is 35.5. The number of likely N-dealkylation sites (N-methyl/N-ethyl adjacent to an activating group) is 2. The quantitative estimate of drug-likeness (QED) is 0.884. The van der Waals surface area contributed by atoms with Crippen molar-refractivity contribution >= 4 is 23.2 Å². The van der Waals surface area contributed by atoms with Crippen molar-refractivity contribution < 1.29 is 4.79 Å². The van der Waals surface area contributed by atoms with E-state index >= 15 is 0 Å². The summed E-state index contributed by atoms with van der Waals surface area (Å²) in [5, 5.41) is 0.374. The molecule has 2 aromatic carbocycles. The lowest BCUT2D eigenvalue weighted by molar-refractivity contribution is 0.100. The monoisotopic (exact) mass is 331 g/mol. The van der Waals surface area contributed by atoms with Gasteiger partial charge in [0.1, 0.15) is 0 Å². The number of rotatable bonds is 6. The van der Waals surface area contributed by atoms with Crippen LogP contribution in [0.2, 0.25) is 5.02 Å². The van der Waals surface area contributed by atoms with Crippen LogP contribution >= 0.6 is 11.6 Å². The molecule has 1 atom stereocenters. The Kier molecular flexibility index (Phi) is 5.64. The smallest absolute Gasteiger partial charge is 0.250 e. The molecule has 0 aromatic heterocycles. The molecule has 0 bridgehead atoms. The number of anilines is 1. The number of carbonyl (C=O) groups excluding carboxylic acids is 1. The lowest BCUT2D eigenvalue weighted by atomic mass is 10.0. The zero-order chi connectivity index (χ0) is 17.0. The maximum atomic E-state index is 11.3. The molecule has 23 heavy (non-hydrogen) atoms. The van der Waals surface area contributed by atoms with Gasteiger partial charge in [-0.05, 0) is 37.9 Å². The molecule has 0 aliphatic heterocycles. The number of hydrogen-bond donors (Lipinski definition) is 1. The van der Waals surface area contributed by atoms with Crippen LogP contribution in [0.15, 0.2) is 48.5 Å². The van der Waals surface area contributed by atoms with E-state index in [1.54, 1.807) is 12.1 Å². The van der Waals surface area contributed by atoms with Crippen LogP contribution < -0.4 is 10.6 Å². The molecule has 0 fully saturated rings. The number of carbonyl (C=O) groups is 1. The van der Waals surface area contributed by atoms with E-state index in [-0.39, 0.29) is 6.04 Å². The predicted molar refractivity (Wildman–Crippen MR) is 96.1 cm³/mol. The van der Waals surface area contributed by atoms with Gasteiger partial charge in [-0.15, -0.1) is 0 Å². The zero-order valence-electron chi connectivity index (χ0n) is 13.7. The summed E-state index contributed by atoms with van der Waals surface area (Å²) >= 11 is 6.19. The molecule has 1 unspecified atom stereocenters. The second-order valence-electron chi connectivity index (χ2n) is 5.83. The highest BCUT2D eigenvalue weighted by Gasteiger charge is 2.19. The van der Waals surface area contributed by atoms with Crippen molar-refractivity contribution in [2.75, 3.05) is 32.6 Å². The van der Waals surface area contributed by atoms with Crippen molar-refractivity contribution in [2.24, 2.45) is 5.73 Å². The molecule has 0 aliphatic rings. The fourth-order valence-electron chi connectivity index (χ4n) is 2.58. The number of primary amides is 1. The molecule has 5 heteroatoms. The third kappa shape index (κ3) is 4.24. The fraction of sp³-hybridized carbons (Fsp3) is 0.278. The molecule has 2 N–H and O–H groups in total. The van der Waals surface area contributed by atoms with Gasteiger partial charge in [-0.3, -0.25) is 4.79 Å². The molecule has 0 radical (unpaired) electrons. The van der Waals surface area contributed by atoms with Gasteiger partial charge in [0.15, 0.2) is 0 Å². The molecule has 0 spiro atoms. The van der Waals surface area contributed by atoms with E-state index in [4.69, 9.17) is 17.3 Å². The molecule has 1 amide bonds. The van der Waals surface area contributed by atoms with Crippen LogP contribution in [-0.2, 0) is 0 Å². The SMILES string of the molecule is CN(C)CC(c1ccccc1)N(C)c1ccc(C(N)=O)c(Cl)c1. The van der Waals surface area contributed by atoms with E-state index in [2.05, 4.69) is 21.9 Å². The van der Waals surface area contributed by atoms with Crippen LogP contribution in [0.4, 0.5) is 5.69 Å². The normalized spacial score (nSPS) is 12.2. The number of nitrogens with two attached hydrogens (primary N) is 1. The van der Waals surface area contributed by atoms with Crippen molar-refractivity contribution in [1.29, 1.82) is 0 Å². The number of halogens is 1. The van der Waals surface area contributed by atoms with Gasteiger partial charge >= 0.3 is 0 Å². The molecule has 2 rings (SSSR count). The topological polar surface area (TPSA) is 49.6 Å². The molecule has 0 saturated heterocycles. The third-order valence-electron chi connectivity index (χ3n) is 3.82. The average molecular weight is 332 g/mol. The van der Waals surface area contributed by atoms with Gasteiger partial charge < -0.3 is 15.5 Å². The minimum absolute atomic E-state index is 0.168. The Labute approximate surface area is 142 Å². The Morgan fingerprint density at radius 3 is 2.30 bits per heavy atom. The highest BCUT2D eigenvalue weighted by molar-refractivity contribution is 6.34. The number of nitrogens with zero attached hydrogens (tertiary/aromatic N) is 2. The largest absolute Gasteiger partial charge is 0.366 e. The Morgan fingerprint density at radius 2 is 1.78 bits per heavy atom. The van der Waals surface area contributed by atoms with E-state index in [9.17, 15) is 4.79 Å². The van der Waals surface area contributed by atoms with Gasteiger partial charge in [-0.25, -0.2) is 0 Å². The molecule has 2 aromatic rings. The molecule has 0 saturated carbocycles. The van der Waals surface area contributed by atoms with E-state index < -0.39 is 5.91 Å². The van der Waals surface area contributed by atoms with Crippen molar-refractivity contribution in [2.45, 2.75) is 6.04 Å². The van der Waals surface area contributed by atoms with Crippen LogP contribution in [0.1, 0.15) is 22.0 Å². The van der Waals surface area contributed by atoms with Crippen molar-refractivity contribution in [1.82, 2.24) is 4.90 Å². The van der Waals surface area contributed by atoms with Crippen LogP contribution in [0.25, 0.3) is 0 Å². The van der Waals surface area contributed by atoms with Crippen molar-refractivity contribution in [3.8, 4) is 0 Å². The second kappa shape index (κ2) is 7.49. The number of amides is 1. The summed E-state index contributed by atoms with van der Waals surface area (Å²) in [6.45, 7) is 0.857. The molecular weight excluding hydrogens is 310 g/mol. The first kappa shape index (κ1) is 17.3. The second-order valence-corrected chi connectivity index (χ2v) is 6.24. The van der Waals surface area contributed by atoms with Gasteiger partial charge in [-0.2, -0.15) is 0 Å². The minimum atomic E-state index is -0.517. The summed E-state index contributed by atoms with van der Waals surface area (Å²) < 4.78 is 0. The lowest BCUT2D eigenvalue weighted by Gasteiger charge is -2.33. The van der Waals surface area contributed by atoms with Crippen molar-refractivity contribution in [3.63, 3.8) is 0 Å². The van der Waals surface area contributed by atoms with Crippen LogP contribution in [0.5, 0.6) is 0 Å². The highest BCUT2D eigenvalue weighted by Crippen LogP contribution is 2.29. The molecule has 0 aliphatic carbocycles. The predicted octanol–water partition coefficient (Wildman–Crippen LogP) is 3.18. The Balaban J connectivity index is 2.35. The summed E-state index contributed by atoms with van der Waals surface area (Å²) in [7, 11) is 6.12. The van der Waals surface area contributed by atoms with Gasteiger partial charge in [0.05, 0.1) is 16.6 Å². The summed E-state index contributed by atoms with van der Waals surface area (Å²) in [6.07, 6.45) is 0. The summed E-state index contributed by atoms with van der Waals surface area (Å²) in [6, 6.07) is 15.8. The Morgan fingerprint density at radius 1 is 1.13 bits per heavy atom. The van der Waals surface area contributed by atoms with Crippen LogP contribution in [-0.4, -0.2) is 38.5 Å². The molecule has 4 nitrogen and oxygen atoms in total. The molecule has 0 heterocycles. The molecular formula is C18H22ClN3O. The first-order valence-corrected chi connectivity index (χ1v) is 7.80. The first-order chi connectivity index (χ1) is 10.9. The summed E-state index contributed by atoms with van der Waals surface area (Å²) in [5.41, 5.74) is 7.82. The molecule has 122 valence electrons. The van der Waals surface area contributed by atoms with Crippen molar-refractivity contribution in [3.05, 3.63) is 64.7 Å².